The van der Waals surface area contributed by atoms with Crippen molar-refractivity contribution in [3.05, 3.63) is 92.4 Å². The molecule has 3 rings (SSSR count). The van der Waals surface area contributed by atoms with Gasteiger partial charge in [-0.05, 0) is 60.9 Å². The molecule has 1 N–H and O–H groups in total. The maximum absolute atomic E-state index is 14.1. The average molecular weight is 659 g/mol. The lowest BCUT2D eigenvalue weighted by Gasteiger charge is -2.33. The number of nitrogens with zero attached hydrogens (tertiary/aromatic N) is 2. The molecular formula is C29H31Cl4N3O4S. The molecule has 1 unspecified atom stereocenters. The normalized spacial score (nSPS) is 12.0. The Labute approximate surface area is 261 Å². The number of halogens is 4. The third-order valence-corrected chi connectivity index (χ3v) is 9.41. The van der Waals surface area contributed by atoms with Crippen LogP contribution in [0.15, 0.2) is 71.6 Å². The zero-order valence-electron chi connectivity index (χ0n) is 22.6. The van der Waals surface area contributed by atoms with Crippen molar-refractivity contribution in [2.24, 2.45) is 0 Å². The molecule has 0 aromatic heterocycles. The largest absolute Gasteiger partial charge is 0.354 e. The summed E-state index contributed by atoms with van der Waals surface area (Å²) >= 11 is 25.0. The molecule has 12 heteroatoms. The molecule has 0 aliphatic carbocycles. The van der Waals surface area contributed by atoms with Gasteiger partial charge in [0.2, 0.25) is 11.8 Å². The molecule has 3 aromatic carbocycles. The van der Waals surface area contributed by atoms with Gasteiger partial charge in [-0.2, -0.15) is 0 Å². The van der Waals surface area contributed by atoms with Crippen molar-refractivity contribution in [2.45, 2.75) is 50.6 Å². The van der Waals surface area contributed by atoms with E-state index >= 15 is 0 Å². The SMILES string of the molecule is CCCCNC(=O)C(CC)N(Cc1ccc(Cl)c(Cl)c1)C(=O)CN(c1cc(Cl)ccc1Cl)S(=O)(=O)c1ccccc1. The number of sulfonamides is 1. The molecule has 7 nitrogen and oxygen atoms in total. The van der Waals surface area contributed by atoms with Crippen LogP contribution in [0.3, 0.4) is 0 Å². The molecule has 220 valence electrons. The fourth-order valence-electron chi connectivity index (χ4n) is 4.17. The lowest BCUT2D eigenvalue weighted by molar-refractivity contribution is -0.140. The first-order chi connectivity index (χ1) is 19.5. The molecule has 0 bridgehead atoms. The molecule has 0 aliphatic heterocycles. The highest BCUT2D eigenvalue weighted by Gasteiger charge is 2.34. The van der Waals surface area contributed by atoms with Gasteiger partial charge in [-0.1, -0.05) is 90.9 Å². The fraction of sp³-hybridized carbons (Fsp3) is 0.310. The highest BCUT2D eigenvalue weighted by molar-refractivity contribution is 7.92. The number of anilines is 1. The van der Waals surface area contributed by atoms with Gasteiger partial charge in [-0.3, -0.25) is 13.9 Å². The summed E-state index contributed by atoms with van der Waals surface area (Å²) in [5.41, 5.74) is 0.650. The van der Waals surface area contributed by atoms with E-state index in [2.05, 4.69) is 5.32 Å². The van der Waals surface area contributed by atoms with E-state index < -0.39 is 28.5 Å². The number of unbranched alkanes of at least 4 members (excludes halogenated alkanes) is 1. The molecule has 0 heterocycles. The molecule has 3 aromatic rings. The number of hydrogen-bond acceptors (Lipinski definition) is 4. The van der Waals surface area contributed by atoms with E-state index in [1.165, 1.54) is 35.2 Å². The van der Waals surface area contributed by atoms with Crippen LogP contribution in [0.4, 0.5) is 5.69 Å². The molecular weight excluding hydrogens is 628 g/mol. The van der Waals surface area contributed by atoms with Crippen LogP contribution in [0, 0.1) is 0 Å². The summed E-state index contributed by atoms with van der Waals surface area (Å²) in [6.07, 6.45) is 1.95. The summed E-state index contributed by atoms with van der Waals surface area (Å²) in [5.74, 6) is -0.961. The van der Waals surface area contributed by atoms with Crippen molar-refractivity contribution < 1.29 is 18.0 Å². The van der Waals surface area contributed by atoms with Gasteiger partial charge in [0, 0.05) is 18.1 Å². The minimum atomic E-state index is -4.27. The molecule has 0 fully saturated rings. The zero-order valence-corrected chi connectivity index (χ0v) is 26.5. The third-order valence-electron chi connectivity index (χ3n) is 6.34. The van der Waals surface area contributed by atoms with E-state index in [9.17, 15) is 18.0 Å². The minimum absolute atomic E-state index is 0.0159. The summed E-state index contributed by atoms with van der Waals surface area (Å²) in [5, 5.41) is 3.83. The first-order valence-corrected chi connectivity index (χ1v) is 16.0. The highest BCUT2D eigenvalue weighted by atomic mass is 35.5. The Balaban J connectivity index is 2.08. The maximum atomic E-state index is 14.1. The van der Waals surface area contributed by atoms with Gasteiger partial charge in [0.15, 0.2) is 0 Å². The third kappa shape index (κ3) is 8.52. The molecule has 0 radical (unpaired) electrons. The van der Waals surface area contributed by atoms with Crippen LogP contribution < -0.4 is 9.62 Å². The molecule has 0 saturated heterocycles. The van der Waals surface area contributed by atoms with Crippen molar-refractivity contribution in [1.82, 2.24) is 10.2 Å². The van der Waals surface area contributed by atoms with Crippen LogP contribution in [-0.4, -0.2) is 44.3 Å². The zero-order chi connectivity index (χ0) is 30.2. The van der Waals surface area contributed by atoms with E-state index in [4.69, 9.17) is 46.4 Å². The van der Waals surface area contributed by atoms with Crippen LogP contribution in [-0.2, 0) is 26.2 Å². The molecule has 2 amide bonds. The molecule has 0 aliphatic rings. The molecule has 0 saturated carbocycles. The molecule has 0 spiro atoms. The number of benzene rings is 3. The van der Waals surface area contributed by atoms with Crippen LogP contribution in [0.5, 0.6) is 0 Å². The average Bonchev–Trinajstić information content (AvgIpc) is 2.95. The highest BCUT2D eigenvalue weighted by Crippen LogP contribution is 2.33. The number of amides is 2. The van der Waals surface area contributed by atoms with Gasteiger partial charge in [-0.15, -0.1) is 0 Å². The summed E-state index contributed by atoms with van der Waals surface area (Å²) < 4.78 is 28.7. The van der Waals surface area contributed by atoms with Crippen LogP contribution >= 0.6 is 46.4 Å². The van der Waals surface area contributed by atoms with Gasteiger partial charge in [-0.25, -0.2) is 8.42 Å². The fourth-order valence-corrected chi connectivity index (χ4v) is 6.37. The minimum Gasteiger partial charge on any atom is -0.354 e. The number of rotatable bonds is 13. The van der Waals surface area contributed by atoms with E-state index in [0.29, 0.717) is 17.1 Å². The number of carbonyl (C=O) groups excluding carboxylic acids is 2. The Morgan fingerprint density at radius 2 is 1.56 bits per heavy atom. The second-order valence-corrected chi connectivity index (χ2v) is 12.8. The van der Waals surface area contributed by atoms with Crippen LogP contribution in [0.1, 0.15) is 38.7 Å². The number of carbonyl (C=O) groups is 2. The quantitative estimate of drug-likeness (QED) is 0.197. The van der Waals surface area contributed by atoms with E-state index in [1.54, 1.807) is 43.3 Å². The number of hydrogen-bond donors (Lipinski definition) is 1. The van der Waals surface area contributed by atoms with Gasteiger partial charge in [0.05, 0.1) is 25.7 Å². The summed E-state index contributed by atoms with van der Waals surface area (Å²) in [6.45, 7) is 3.58. The lowest BCUT2D eigenvalue weighted by atomic mass is 10.1. The standard InChI is InChI=1S/C29H31Cl4N3O4S/c1-3-5-15-34-29(38)26(4-2)35(18-20-11-13-23(31)25(33)16-20)28(37)19-36(27-17-21(30)12-14-24(27)32)41(39,40)22-9-7-6-8-10-22/h6-14,16-17,26H,3-5,15,18-19H2,1-2H3,(H,34,38). The first-order valence-electron chi connectivity index (χ1n) is 13.0. The second-order valence-electron chi connectivity index (χ2n) is 9.26. The summed E-state index contributed by atoms with van der Waals surface area (Å²) in [7, 11) is -4.27. The molecule has 1 atom stereocenters. The van der Waals surface area contributed by atoms with E-state index in [0.717, 1.165) is 17.1 Å². The Bertz CT molecular complexity index is 1470. The van der Waals surface area contributed by atoms with Crippen LogP contribution in [0.25, 0.3) is 0 Å². The van der Waals surface area contributed by atoms with Crippen molar-refractivity contribution in [1.29, 1.82) is 0 Å². The van der Waals surface area contributed by atoms with Crippen molar-refractivity contribution in [3.8, 4) is 0 Å². The molecule has 41 heavy (non-hydrogen) atoms. The van der Waals surface area contributed by atoms with Crippen molar-refractivity contribution in [3.63, 3.8) is 0 Å². The Kier molecular flexibility index (Phi) is 12.2. The summed E-state index contributed by atoms with van der Waals surface area (Å²) in [4.78, 5) is 28.7. The van der Waals surface area contributed by atoms with Crippen molar-refractivity contribution in [2.75, 3.05) is 17.4 Å². The predicted octanol–water partition coefficient (Wildman–Crippen LogP) is 7.22. The maximum Gasteiger partial charge on any atom is 0.264 e. The summed E-state index contributed by atoms with van der Waals surface area (Å²) in [6, 6.07) is 16.1. The van der Waals surface area contributed by atoms with E-state index in [1.807, 2.05) is 6.92 Å². The lowest BCUT2D eigenvalue weighted by Crippen LogP contribution is -2.52. The van der Waals surface area contributed by atoms with Crippen molar-refractivity contribution >= 4 is 73.9 Å². The topological polar surface area (TPSA) is 86.8 Å². The predicted molar refractivity (Wildman–Crippen MR) is 166 cm³/mol. The van der Waals surface area contributed by atoms with Gasteiger partial charge in [0.1, 0.15) is 12.6 Å². The van der Waals surface area contributed by atoms with Gasteiger partial charge >= 0.3 is 0 Å². The smallest absolute Gasteiger partial charge is 0.264 e. The Morgan fingerprint density at radius 3 is 2.20 bits per heavy atom. The van der Waals surface area contributed by atoms with Gasteiger partial charge in [0.25, 0.3) is 10.0 Å². The first kappa shape index (κ1) is 33.0. The second kappa shape index (κ2) is 15.1. The van der Waals surface area contributed by atoms with E-state index in [-0.39, 0.29) is 44.5 Å². The Hall–Kier alpha value is -2.49. The monoisotopic (exact) mass is 657 g/mol. The van der Waals surface area contributed by atoms with Gasteiger partial charge < -0.3 is 10.2 Å². The Morgan fingerprint density at radius 1 is 0.878 bits per heavy atom. The van der Waals surface area contributed by atoms with Crippen LogP contribution in [0.2, 0.25) is 20.1 Å². The number of nitrogens with one attached hydrogen (secondary N) is 1.